The van der Waals surface area contributed by atoms with E-state index in [9.17, 15) is 4.79 Å². The van der Waals surface area contributed by atoms with Gasteiger partial charge in [0.15, 0.2) is 10.4 Å². The van der Waals surface area contributed by atoms with Gasteiger partial charge in [0.2, 0.25) is 0 Å². The Kier molecular flexibility index (Phi) is 3.22. The molecule has 100 valence electrons. The molecular formula is C14H14BrNO3. The highest BCUT2D eigenvalue weighted by molar-refractivity contribution is 9.10. The minimum Gasteiger partial charge on any atom is -0.467 e. The normalized spacial score (nSPS) is 16.3. The maximum Gasteiger partial charge on any atom is 0.290 e. The van der Waals surface area contributed by atoms with E-state index in [1.807, 2.05) is 24.0 Å². The van der Waals surface area contributed by atoms with Crippen LogP contribution in [0.3, 0.4) is 0 Å². The van der Waals surface area contributed by atoms with E-state index in [1.54, 1.807) is 18.4 Å². The number of hydrogen-bond acceptors (Lipinski definition) is 3. The van der Waals surface area contributed by atoms with Crippen molar-refractivity contribution in [2.24, 2.45) is 0 Å². The van der Waals surface area contributed by atoms with Gasteiger partial charge in [0.25, 0.3) is 5.91 Å². The van der Waals surface area contributed by atoms with Crippen molar-refractivity contribution in [3.63, 3.8) is 0 Å². The molecule has 1 saturated carbocycles. The van der Waals surface area contributed by atoms with E-state index < -0.39 is 0 Å². The lowest BCUT2D eigenvalue weighted by molar-refractivity contribution is 0.0618. The number of nitrogens with zero attached hydrogens (tertiary/aromatic N) is 1. The summed E-state index contributed by atoms with van der Waals surface area (Å²) in [5.41, 5.74) is 0. The highest BCUT2D eigenvalue weighted by Crippen LogP contribution is 2.36. The summed E-state index contributed by atoms with van der Waals surface area (Å²) in [6, 6.07) is 7.36. The van der Waals surface area contributed by atoms with Gasteiger partial charge in [-0.2, -0.15) is 0 Å². The summed E-state index contributed by atoms with van der Waals surface area (Å²) in [5.74, 6) is 1.07. The third-order valence-corrected chi connectivity index (χ3v) is 3.76. The van der Waals surface area contributed by atoms with Crippen molar-refractivity contribution in [1.82, 2.24) is 4.90 Å². The average molecular weight is 324 g/mol. The predicted octanol–water partition coefficient (Wildman–Crippen LogP) is 4.00. The van der Waals surface area contributed by atoms with Crippen LogP contribution in [-0.4, -0.2) is 16.8 Å². The summed E-state index contributed by atoms with van der Waals surface area (Å²) in [6.45, 7) is 1.98. The zero-order valence-corrected chi connectivity index (χ0v) is 12.1. The van der Waals surface area contributed by atoms with Gasteiger partial charge in [0, 0.05) is 6.04 Å². The molecule has 0 aromatic carbocycles. The maximum absolute atomic E-state index is 12.5. The molecular weight excluding hydrogens is 310 g/mol. The van der Waals surface area contributed by atoms with Gasteiger partial charge < -0.3 is 13.7 Å². The van der Waals surface area contributed by atoms with Gasteiger partial charge in [-0.1, -0.05) is 0 Å². The molecule has 3 rings (SSSR count). The van der Waals surface area contributed by atoms with E-state index in [1.165, 1.54) is 0 Å². The standard InChI is InChI=1S/C14H14BrNO3/c1-9(11-3-2-8-18-11)16(10-4-5-10)14(17)12-6-7-13(15)19-12/h2-3,6-10H,4-5H2,1H3/t9-/m1/s1. The monoisotopic (exact) mass is 323 g/mol. The van der Waals surface area contributed by atoms with Crippen LogP contribution in [-0.2, 0) is 0 Å². The zero-order valence-electron chi connectivity index (χ0n) is 10.5. The van der Waals surface area contributed by atoms with Crippen molar-refractivity contribution in [1.29, 1.82) is 0 Å². The molecule has 1 aliphatic rings. The number of carbonyl (C=O) groups excluding carboxylic acids is 1. The molecule has 1 atom stereocenters. The maximum atomic E-state index is 12.5. The highest BCUT2D eigenvalue weighted by atomic mass is 79.9. The van der Waals surface area contributed by atoms with Crippen LogP contribution < -0.4 is 0 Å². The first-order valence-electron chi connectivity index (χ1n) is 6.28. The molecule has 4 nitrogen and oxygen atoms in total. The Labute approximate surface area is 119 Å². The second kappa shape index (κ2) is 4.89. The van der Waals surface area contributed by atoms with Crippen LogP contribution in [0, 0.1) is 0 Å². The summed E-state index contributed by atoms with van der Waals surface area (Å²) < 4.78 is 11.3. The molecule has 0 saturated heterocycles. The van der Waals surface area contributed by atoms with Crippen LogP contribution in [0.1, 0.15) is 42.1 Å². The van der Waals surface area contributed by atoms with Gasteiger partial charge in [-0.3, -0.25) is 4.79 Å². The average Bonchev–Trinajstić information content (AvgIpc) is 2.93. The van der Waals surface area contributed by atoms with Crippen molar-refractivity contribution in [2.75, 3.05) is 0 Å². The van der Waals surface area contributed by atoms with Crippen LogP contribution in [0.5, 0.6) is 0 Å². The van der Waals surface area contributed by atoms with E-state index in [0.29, 0.717) is 10.4 Å². The Morgan fingerprint density at radius 2 is 2.21 bits per heavy atom. The third-order valence-electron chi connectivity index (χ3n) is 3.33. The second-order valence-corrected chi connectivity index (χ2v) is 5.52. The summed E-state index contributed by atoms with van der Waals surface area (Å²) >= 11 is 3.22. The van der Waals surface area contributed by atoms with Gasteiger partial charge in [-0.05, 0) is 60.0 Å². The highest BCUT2D eigenvalue weighted by Gasteiger charge is 2.38. The molecule has 2 heterocycles. The molecule has 0 radical (unpaired) electrons. The van der Waals surface area contributed by atoms with Crippen molar-refractivity contribution >= 4 is 21.8 Å². The Balaban J connectivity index is 1.87. The summed E-state index contributed by atoms with van der Waals surface area (Å²) in [7, 11) is 0. The van der Waals surface area contributed by atoms with Crippen molar-refractivity contribution < 1.29 is 13.6 Å². The van der Waals surface area contributed by atoms with Crippen LogP contribution in [0.4, 0.5) is 0 Å². The molecule has 2 aromatic rings. The fourth-order valence-corrected chi connectivity index (χ4v) is 2.54. The minimum atomic E-state index is -0.0860. The molecule has 5 heteroatoms. The lowest BCUT2D eigenvalue weighted by Crippen LogP contribution is -2.35. The van der Waals surface area contributed by atoms with Crippen LogP contribution in [0.15, 0.2) is 44.0 Å². The number of furan rings is 2. The van der Waals surface area contributed by atoms with Gasteiger partial charge in [-0.15, -0.1) is 0 Å². The van der Waals surface area contributed by atoms with Gasteiger partial charge >= 0.3 is 0 Å². The molecule has 1 fully saturated rings. The van der Waals surface area contributed by atoms with Gasteiger partial charge in [0.05, 0.1) is 12.3 Å². The summed E-state index contributed by atoms with van der Waals surface area (Å²) in [5, 5.41) is 0. The summed E-state index contributed by atoms with van der Waals surface area (Å²) in [4.78, 5) is 14.4. The molecule has 0 spiro atoms. The number of carbonyl (C=O) groups is 1. The Morgan fingerprint density at radius 1 is 1.42 bits per heavy atom. The molecule has 0 unspecified atom stereocenters. The van der Waals surface area contributed by atoms with Crippen molar-refractivity contribution in [3.05, 3.63) is 46.7 Å². The van der Waals surface area contributed by atoms with E-state index in [2.05, 4.69) is 15.9 Å². The lowest BCUT2D eigenvalue weighted by Gasteiger charge is -2.27. The number of halogens is 1. The molecule has 0 bridgehead atoms. The first kappa shape index (κ1) is 12.5. The first-order chi connectivity index (χ1) is 9.16. The van der Waals surface area contributed by atoms with E-state index in [4.69, 9.17) is 8.83 Å². The Bertz CT molecular complexity index is 571. The molecule has 2 aromatic heterocycles. The van der Waals surface area contributed by atoms with E-state index in [0.717, 1.165) is 18.6 Å². The SMILES string of the molecule is C[C@H](c1ccco1)N(C(=O)c1ccc(Br)o1)C1CC1. The molecule has 19 heavy (non-hydrogen) atoms. The first-order valence-corrected chi connectivity index (χ1v) is 7.07. The topological polar surface area (TPSA) is 46.6 Å². The quantitative estimate of drug-likeness (QED) is 0.854. The smallest absolute Gasteiger partial charge is 0.290 e. The second-order valence-electron chi connectivity index (χ2n) is 4.74. The van der Waals surface area contributed by atoms with Crippen LogP contribution >= 0.6 is 15.9 Å². The molecule has 1 amide bonds. The predicted molar refractivity (Wildman–Crippen MR) is 72.7 cm³/mol. The van der Waals surface area contributed by atoms with Crippen molar-refractivity contribution in [2.45, 2.75) is 31.8 Å². The Morgan fingerprint density at radius 3 is 2.74 bits per heavy atom. The fraction of sp³-hybridized carbons (Fsp3) is 0.357. The van der Waals surface area contributed by atoms with E-state index >= 15 is 0 Å². The molecule has 0 N–H and O–H groups in total. The number of amides is 1. The zero-order chi connectivity index (χ0) is 13.4. The number of hydrogen-bond donors (Lipinski definition) is 0. The van der Waals surface area contributed by atoms with Crippen LogP contribution in [0.25, 0.3) is 0 Å². The molecule has 0 aliphatic heterocycles. The fourth-order valence-electron chi connectivity index (χ4n) is 2.23. The largest absolute Gasteiger partial charge is 0.467 e. The summed E-state index contributed by atoms with van der Waals surface area (Å²) in [6.07, 6.45) is 3.71. The number of rotatable bonds is 4. The third kappa shape index (κ3) is 2.47. The van der Waals surface area contributed by atoms with Crippen LogP contribution in [0.2, 0.25) is 0 Å². The lowest BCUT2D eigenvalue weighted by atomic mass is 10.2. The van der Waals surface area contributed by atoms with Gasteiger partial charge in [-0.25, -0.2) is 0 Å². The van der Waals surface area contributed by atoms with Crippen molar-refractivity contribution in [3.8, 4) is 0 Å². The van der Waals surface area contributed by atoms with Gasteiger partial charge in [0.1, 0.15) is 5.76 Å². The molecule has 1 aliphatic carbocycles. The minimum absolute atomic E-state index is 0.0844. The van der Waals surface area contributed by atoms with E-state index in [-0.39, 0.29) is 18.0 Å². The Hall–Kier alpha value is -1.49.